The fraction of sp³-hybridized carbons (Fsp3) is 0.316. The Bertz CT molecular complexity index is 913. The summed E-state index contributed by atoms with van der Waals surface area (Å²) < 4.78 is 7.10. The molecule has 6 nitrogen and oxygen atoms in total. The first-order valence-electron chi connectivity index (χ1n) is 8.46. The van der Waals surface area contributed by atoms with Gasteiger partial charge < -0.3 is 10.1 Å². The number of carbonyl (C=O) groups is 1. The van der Waals surface area contributed by atoms with Crippen molar-refractivity contribution in [1.82, 2.24) is 14.8 Å². The Balaban J connectivity index is 1.59. The second kappa shape index (κ2) is 6.64. The maximum absolute atomic E-state index is 12.4. The molecule has 3 aromatic rings. The third kappa shape index (κ3) is 3.39. The lowest BCUT2D eigenvalue weighted by atomic mass is 9.99. The summed E-state index contributed by atoms with van der Waals surface area (Å²) >= 11 is 0. The van der Waals surface area contributed by atoms with Crippen molar-refractivity contribution >= 4 is 22.5 Å². The molecule has 0 spiro atoms. The van der Waals surface area contributed by atoms with Crippen LogP contribution in [-0.4, -0.2) is 33.9 Å². The van der Waals surface area contributed by atoms with Crippen LogP contribution in [0.1, 0.15) is 12.8 Å². The summed E-state index contributed by atoms with van der Waals surface area (Å²) in [6.45, 7) is 1.30. The molecule has 2 aromatic heterocycles. The van der Waals surface area contributed by atoms with Gasteiger partial charge in [-0.15, -0.1) is 0 Å². The Morgan fingerprint density at radius 2 is 2.00 bits per heavy atom. The van der Waals surface area contributed by atoms with E-state index in [0.717, 1.165) is 34.7 Å². The number of hydrogen-bond acceptors (Lipinski definition) is 4. The van der Waals surface area contributed by atoms with Gasteiger partial charge in [-0.1, -0.05) is 12.1 Å². The molecule has 0 atom stereocenters. The lowest BCUT2D eigenvalue weighted by molar-refractivity contribution is -0.122. The van der Waals surface area contributed by atoms with E-state index in [1.165, 1.54) is 0 Å². The summed E-state index contributed by atoms with van der Waals surface area (Å²) in [5.74, 6) is 0.624. The minimum Gasteiger partial charge on any atom is -0.381 e. The highest BCUT2D eigenvalue weighted by atomic mass is 16.5. The number of ether oxygens (including phenoxy) is 1. The van der Waals surface area contributed by atoms with Gasteiger partial charge in [-0.2, -0.15) is 5.10 Å². The van der Waals surface area contributed by atoms with E-state index in [4.69, 9.17) is 4.74 Å². The number of pyridine rings is 1. The van der Waals surface area contributed by atoms with Crippen LogP contribution in [0, 0.1) is 5.92 Å². The second-order valence-corrected chi connectivity index (χ2v) is 6.41. The van der Waals surface area contributed by atoms with Gasteiger partial charge in [0.15, 0.2) is 0 Å². The Labute approximate surface area is 145 Å². The number of aromatic nitrogens is 3. The fourth-order valence-corrected chi connectivity index (χ4v) is 3.15. The SMILES string of the molecule is Cn1cc(-c2ccc3cnc(NC(=O)C4CCOCC4)cc3c2)cn1. The molecule has 0 aliphatic carbocycles. The van der Waals surface area contributed by atoms with Crippen LogP contribution in [0.2, 0.25) is 0 Å². The van der Waals surface area contributed by atoms with Crippen LogP contribution in [0.25, 0.3) is 21.9 Å². The molecule has 1 aromatic carbocycles. The van der Waals surface area contributed by atoms with E-state index in [-0.39, 0.29) is 11.8 Å². The first kappa shape index (κ1) is 15.8. The number of aryl methyl sites for hydroxylation is 1. The van der Waals surface area contributed by atoms with E-state index in [1.807, 2.05) is 31.6 Å². The summed E-state index contributed by atoms with van der Waals surface area (Å²) in [6.07, 6.45) is 7.16. The zero-order valence-corrected chi connectivity index (χ0v) is 14.1. The number of fused-ring (bicyclic) bond motifs is 1. The molecule has 3 heterocycles. The zero-order valence-electron chi connectivity index (χ0n) is 14.1. The zero-order chi connectivity index (χ0) is 17.2. The third-order valence-electron chi connectivity index (χ3n) is 4.60. The molecule has 0 unspecified atom stereocenters. The first-order valence-corrected chi connectivity index (χ1v) is 8.46. The van der Waals surface area contributed by atoms with Gasteiger partial charge in [-0.25, -0.2) is 4.98 Å². The molecule has 1 saturated heterocycles. The first-order chi connectivity index (χ1) is 12.2. The molecule has 0 saturated carbocycles. The topological polar surface area (TPSA) is 69.0 Å². The van der Waals surface area contributed by atoms with Crippen molar-refractivity contribution in [3.63, 3.8) is 0 Å². The maximum Gasteiger partial charge on any atom is 0.228 e. The standard InChI is InChI=1S/C19H20N4O2/c1-23-12-17(11-21-23)14-2-3-15-10-20-18(9-16(15)8-14)22-19(24)13-4-6-25-7-5-13/h2-3,8-13H,4-7H2,1H3,(H,20,22,24). The number of benzene rings is 1. The van der Waals surface area contributed by atoms with Crippen LogP contribution in [0.5, 0.6) is 0 Å². The number of nitrogens with zero attached hydrogens (tertiary/aromatic N) is 3. The molecule has 1 amide bonds. The van der Waals surface area contributed by atoms with E-state index >= 15 is 0 Å². The van der Waals surface area contributed by atoms with Crippen LogP contribution in [-0.2, 0) is 16.6 Å². The number of hydrogen-bond donors (Lipinski definition) is 1. The molecule has 1 aliphatic heterocycles. The van der Waals surface area contributed by atoms with Crippen molar-refractivity contribution < 1.29 is 9.53 Å². The van der Waals surface area contributed by atoms with Crippen LogP contribution in [0.3, 0.4) is 0 Å². The monoisotopic (exact) mass is 336 g/mol. The lowest BCUT2D eigenvalue weighted by Crippen LogP contribution is -2.28. The van der Waals surface area contributed by atoms with Gasteiger partial charge in [0.05, 0.1) is 6.20 Å². The predicted molar refractivity (Wildman–Crippen MR) is 96.1 cm³/mol. The van der Waals surface area contributed by atoms with E-state index in [9.17, 15) is 4.79 Å². The van der Waals surface area contributed by atoms with Crippen molar-refractivity contribution in [2.45, 2.75) is 12.8 Å². The lowest BCUT2D eigenvalue weighted by Gasteiger charge is -2.21. The molecule has 25 heavy (non-hydrogen) atoms. The number of anilines is 1. The highest BCUT2D eigenvalue weighted by molar-refractivity contribution is 5.95. The molecule has 128 valence electrons. The molecule has 6 heteroatoms. The number of nitrogens with one attached hydrogen (secondary N) is 1. The molecule has 4 rings (SSSR count). The van der Waals surface area contributed by atoms with Crippen molar-refractivity contribution in [1.29, 1.82) is 0 Å². The van der Waals surface area contributed by atoms with E-state index in [1.54, 1.807) is 10.9 Å². The van der Waals surface area contributed by atoms with Gasteiger partial charge in [0, 0.05) is 49.5 Å². The summed E-state index contributed by atoms with van der Waals surface area (Å²) in [6, 6.07) is 8.11. The molecular weight excluding hydrogens is 316 g/mol. The van der Waals surface area contributed by atoms with Crippen molar-refractivity contribution in [2.75, 3.05) is 18.5 Å². The quantitative estimate of drug-likeness (QED) is 0.798. The summed E-state index contributed by atoms with van der Waals surface area (Å²) in [5, 5.41) is 9.24. The molecule has 1 aliphatic rings. The number of rotatable bonds is 3. The van der Waals surface area contributed by atoms with Gasteiger partial charge >= 0.3 is 0 Å². The Kier molecular flexibility index (Phi) is 4.19. The molecule has 0 radical (unpaired) electrons. The smallest absolute Gasteiger partial charge is 0.228 e. The maximum atomic E-state index is 12.4. The normalized spacial score (nSPS) is 15.4. The van der Waals surface area contributed by atoms with Gasteiger partial charge in [-0.3, -0.25) is 9.48 Å². The molecular formula is C19H20N4O2. The molecule has 0 bridgehead atoms. The van der Waals surface area contributed by atoms with Crippen molar-refractivity contribution in [3.8, 4) is 11.1 Å². The Morgan fingerprint density at radius 3 is 2.76 bits per heavy atom. The average molecular weight is 336 g/mol. The van der Waals surface area contributed by atoms with E-state index < -0.39 is 0 Å². The van der Waals surface area contributed by atoms with E-state index in [2.05, 4.69) is 27.5 Å². The third-order valence-corrected chi connectivity index (χ3v) is 4.60. The van der Waals surface area contributed by atoms with Crippen molar-refractivity contribution in [3.05, 3.63) is 42.9 Å². The fourth-order valence-electron chi connectivity index (χ4n) is 3.15. The number of carbonyl (C=O) groups excluding carboxylic acids is 1. The average Bonchev–Trinajstić information content (AvgIpc) is 3.08. The minimum absolute atomic E-state index is 0.00738. The summed E-state index contributed by atoms with van der Waals surface area (Å²) in [5.41, 5.74) is 2.16. The minimum atomic E-state index is 0.00738. The molecule has 1 N–H and O–H groups in total. The highest BCUT2D eigenvalue weighted by Gasteiger charge is 2.21. The largest absolute Gasteiger partial charge is 0.381 e. The second-order valence-electron chi connectivity index (χ2n) is 6.41. The summed E-state index contributed by atoms with van der Waals surface area (Å²) in [7, 11) is 1.90. The summed E-state index contributed by atoms with van der Waals surface area (Å²) in [4.78, 5) is 16.7. The van der Waals surface area contributed by atoms with Gasteiger partial charge in [0.1, 0.15) is 5.82 Å². The van der Waals surface area contributed by atoms with Gasteiger partial charge in [0.25, 0.3) is 0 Å². The van der Waals surface area contributed by atoms with Gasteiger partial charge in [-0.05, 0) is 35.9 Å². The molecule has 1 fully saturated rings. The Hall–Kier alpha value is -2.73. The van der Waals surface area contributed by atoms with Crippen LogP contribution in [0.15, 0.2) is 42.9 Å². The van der Waals surface area contributed by atoms with Gasteiger partial charge in [0.2, 0.25) is 5.91 Å². The highest BCUT2D eigenvalue weighted by Crippen LogP contribution is 2.25. The van der Waals surface area contributed by atoms with Crippen molar-refractivity contribution in [2.24, 2.45) is 13.0 Å². The van der Waals surface area contributed by atoms with E-state index in [0.29, 0.717) is 19.0 Å². The van der Waals surface area contributed by atoms with Crippen LogP contribution < -0.4 is 5.32 Å². The predicted octanol–water partition coefficient (Wildman–Crippen LogP) is 3.00. The Morgan fingerprint density at radius 1 is 1.16 bits per heavy atom. The van der Waals surface area contributed by atoms with Crippen LogP contribution >= 0.6 is 0 Å². The number of amides is 1. The van der Waals surface area contributed by atoms with Crippen LogP contribution in [0.4, 0.5) is 5.82 Å².